The van der Waals surface area contributed by atoms with Gasteiger partial charge in [-0.15, -0.1) is 0 Å². The Bertz CT molecular complexity index is 607. The number of hydrogen-bond donors (Lipinski definition) is 1. The van der Waals surface area contributed by atoms with Crippen LogP contribution >= 0.6 is 0 Å². The minimum absolute atomic E-state index is 0.0256. The first-order valence-electron chi connectivity index (χ1n) is 8.24. The van der Waals surface area contributed by atoms with Gasteiger partial charge in [0.1, 0.15) is 0 Å². The third kappa shape index (κ3) is 3.04. The molecule has 0 bridgehead atoms. The van der Waals surface area contributed by atoms with Gasteiger partial charge in [0.05, 0.1) is 0 Å². The zero-order valence-corrected chi connectivity index (χ0v) is 14.8. The SMILES string of the molecule is CC(C)c1cc(C(C)(C)c2ccccc2)cc(C(C)C)c1N. The first-order chi connectivity index (χ1) is 10.2. The first-order valence-corrected chi connectivity index (χ1v) is 8.24. The van der Waals surface area contributed by atoms with E-state index < -0.39 is 0 Å². The van der Waals surface area contributed by atoms with E-state index in [9.17, 15) is 0 Å². The van der Waals surface area contributed by atoms with Crippen LogP contribution in [0.3, 0.4) is 0 Å². The molecule has 1 nitrogen and oxygen atoms in total. The Morgan fingerprint density at radius 2 is 1.23 bits per heavy atom. The van der Waals surface area contributed by atoms with Crippen LogP contribution in [0.4, 0.5) is 5.69 Å². The van der Waals surface area contributed by atoms with Crippen molar-refractivity contribution in [1.82, 2.24) is 0 Å². The van der Waals surface area contributed by atoms with E-state index in [1.54, 1.807) is 0 Å². The molecule has 0 saturated carbocycles. The van der Waals surface area contributed by atoms with Crippen LogP contribution in [0.1, 0.15) is 75.6 Å². The largest absolute Gasteiger partial charge is 0.398 e. The normalized spacial score (nSPS) is 12.2. The van der Waals surface area contributed by atoms with Gasteiger partial charge < -0.3 is 5.73 Å². The van der Waals surface area contributed by atoms with Crippen molar-refractivity contribution in [2.24, 2.45) is 0 Å². The predicted molar refractivity (Wildman–Crippen MR) is 97.6 cm³/mol. The van der Waals surface area contributed by atoms with Gasteiger partial charge in [0, 0.05) is 11.1 Å². The second kappa shape index (κ2) is 6.16. The van der Waals surface area contributed by atoms with E-state index in [0.717, 1.165) is 5.69 Å². The van der Waals surface area contributed by atoms with Crippen molar-refractivity contribution in [2.75, 3.05) is 5.73 Å². The van der Waals surface area contributed by atoms with Crippen LogP contribution < -0.4 is 5.73 Å². The molecule has 0 atom stereocenters. The zero-order valence-electron chi connectivity index (χ0n) is 14.8. The van der Waals surface area contributed by atoms with Crippen molar-refractivity contribution in [3.8, 4) is 0 Å². The van der Waals surface area contributed by atoms with Crippen LogP contribution in [-0.2, 0) is 5.41 Å². The lowest BCUT2D eigenvalue weighted by molar-refractivity contribution is 0.636. The topological polar surface area (TPSA) is 26.0 Å². The van der Waals surface area contributed by atoms with E-state index in [-0.39, 0.29) is 5.41 Å². The predicted octanol–water partition coefficient (Wildman–Crippen LogP) is 5.84. The van der Waals surface area contributed by atoms with Gasteiger partial charge in [-0.05, 0) is 34.1 Å². The Morgan fingerprint density at radius 3 is 1.64 bits per heavy atom. The fourth-order valence-corrected chi connectivity index (χ4v) is 3.04. The van der Waals surface area contributed by atoms with E-state index in [0.29, 0.717) is 11.8 Å². The van der Waals surface area contributed by atoms with Gasteiger partial charge in [0.15, 0.2) is 0 Å². The molecule has 0 spiro atoms. The lowest BCUT2D eigenvalue weighted by atomic mass is 9.75. The fourth-order valence-electron chi connectivity index (χ4n) is 3.04. The quantitative estimate of drug-likeness (QED) is 0.704. The summed E-state index contributed by atoms with van der Waals surface area (Å²) in [6, 6.07) is 15.3. The molecule has 2 rings (SSSR count). The molecule has 118 valence electrons. The highest BCUT2D eigenvalue weighted by Crippen LogP contribution is 2.38. The smallest absolute Gasteiger partial charge is 0.0384 e. The number of anilines is 1. The van der Waals surface area contributed by atoms with Crippen molar-refractivity contribution in [3.63, 3.8) is 0 Å². The average molecular weight is 295 g/mol. The average Bonchev–Trinajstić information content (AvgIpc) is 2.47. The summed E-state index contributed by atoms with van der Waals surface area (Å²) in [7, 11) is 0. The number of rotatable bonds is 4. The van der Waals surface area contributed by atoms with Gasteiger partial charge >= 0.3 is 0 Å². The van der Waals surface area contributed by atoms with E-state index in [4.69, 9.17) is 5.73 Å². The Balaban J connectivity index is 2.65. The summed E-state index contributed by atoms with van der Waals surface area (Å²) in [5.74, 6) is 0.869. The molecule has 2 aromatic carbocycles. The molecule has 2 aromatic rings. The molecule has 0 amide bonds. The van der Waals surface area contributed by atoms with Crippen LogP contribution in [0.2, 0.25) is 0 Å². The van der Waals surface area contributed by atoms with Crippen molar-refractivity contribution in [2.45, 2.75) is 58.8 Å². The van der Waals surface area contributed by atoms with Crippen LogP contribution in [0, 0.1) is 0 Å². The maximum Gasteiger partial charge on any atom is 0.0384 e. The number of hydrogen-bond acceptors (Lipinski definition) is 1. The van der Waals surface area contributed by atoms with Gasteiger partial charge in [-0.3, -0.25) is 0 Å². The molecule has 0 aliphatic rings. The van der Waals surface area contributed by atoms with E-state index in [2.05, 4.69) is 84.0 Å². The maximum atomic E-state index is 6.44. The van der Waals surface area contributed by atoms with Gasteiger partial charge in [-0.2, -0.15) is 0 Å². The molecule has 0 fully saturated rings. The Hall–Kier alpha value is -1.76. The van der Waals surface area contributed by atoms with E-state index in [1.807, 2.05) is 0 Å². The van der Waals surface area contributed by atoms with Gasteiger partial charge in [-0.25, -0.2) is 0 Å². The van der Waals surface area contributed by atoms with Gasteiger partial charge in [-0.1, -0.05) is 84.0 Å². The molecular weight excluding hydrogens is 266 g/mol. The second-order valence-electron chi connectivity index (χ2n) is 7.37. The number of benzene rings is 2. The molecule has 0 saturated heterocycles. The van der Waals surface area contributed by atoms with E-state index >= 15 is 0 Å². The Kier molecular flexibility index (Phi) is 4.65. The highest BCUT2D eigenvalue weighted by Gasteiger charge is 2.25. The van der Waals surface area contributed by atoms with Gasteiger partial charge in [0.25, 0.3) is 0 Å². The number of nitrogens with two attached hydrogens (primary N) is 1. The second-order valence-corrected chi connectivity index (χ2v) is 7.37. The summed E-state index contributed by atoms with van der Waals surface area (Å²) in [6.45, 7) is 13.5. The van der Waals surface area contributed by atoms with Crippen LogP contribution in [0.15, 0.2) is 42.5 Å². The lowest BCUT2D eigenvalue weighted by Gasteiger charge is -2.29. The van der Waals surface area contributed by atoms with Gasteiger partial charge in [0.2, 0.25) is 0 Å². The van der Waals surface area contributed by atoms with Crippen molar-refractivity contribution < 1.29 is 0 Å². The minimum Gasteiger partial charge on any atom is -0.398 e. The molecule has 0 heterocycles. The van der Waals surface area contributed by atoms with Crippen molar-refractivity contribution in [1.29, 1.82) is 0 Å². The molecule has 0 aliphatic carbocycles. The summed E-state index contributed by atoms with van der Waals surface area (Å²) in [5, 5.41) is 0. The van der Waals surface area contributed by atoms with Crippen molar-refractivity contribution >= 4 is 5.69 Å². The molecule has 0 aliphatic heterocycles. The van der Waals surface area contributed by atoms with Crippen LogP contribution in [-0.4, -0.2) is 0 Å². The highest BCUT2D eigenvalue weighted by molar-refractivity contribution is 5.60. The molecule has 0 aromatic heterocycles. The molecule has 1 heteroatoms. The third-order valence-electron chi connectivity index (χ3n) is 4.71. The minimum atomic E-state index is -0.0256. The van der Waals surface area contributed by atoms with Crippen molar-refractivity contribution in [3.05, 3.63) is 64.7 Å². The third-order valence-corrected chi connectivity index (χ3v) is 4.71. The Morgan fingerprint density at radius 1 is 0.773 bits per heavy atom. The molecular formula is C21H29N. The van der Waals surface area contributed by atoms with Crippen LogP contribution in [0.25, 0.3) is 0 Å². The summed E-state index contributed by atoms with van der Waals surface area (Å²) in [4.78, 5) is 0. The summed E-state index contributed by atoms with van der Waals surface area (Å²) in [6.07, 6.45) is 0. The summed E-state index contributed by atoms with van der Waals surface area (Å²) < 4.78 is 0. The Labute approximate surface area is 135 Å². The lowest BCUT2D eigenvalue weighted by Crippen LogP contribution is -2.20. The summed E-state index contributed by atoms with van der Waals surface area (Å²) in [5.41, 5.74) is 12.6. The monoisotopic (exact) mass is 295 g/mol. The molecule has 2 N–H and O–H groups in total. The highest BCUT2D eigenvalue weighted by atomic mass is 14.6. The number of nitrogen functional groups attached to an aromatic ring is 1. The standard InChI is InChI=1S/C21H29N/c1-14(2)18-12-17(13-19(15(3)4)20(18)22)21(5,6)16-10-8-7-9-11-16/h7-15H,22H2,1-6H3. The summed E-state index contributed by atoms with van der Waals surface area (Å²) >= 11 is 0. The molecule has 0 unspecified atom stereocenters. The molecule has 0 radical (unpaired) electrons. The van der Waals surface area contributed by atoms with E-state index in [1.165, 1.54) is 22.3 Å². The zero-order chi connectivity index (χ0) is 16.5. The fraction of sp³-hybridized carbons (Fsp3) is 0.429. The maximum absolute atomic E-state index is 6.44. The first kappa shape index (κ1) is 16.6. The molecule has 22 heavy (non-hydrogen) atoms. The van der Waals surface area contributed by atoms with Crippen LogP contribution in [0.5, 0.6) is 0 Å².